The first-order valence-corrected chi connectivity index (χ1v) is 9.85. The molecule has 0 saturated heterocycles. The maximum absolute atomic E-state index is 12.1. The average molecular weight is 410 g/mol. The van der Waals surface area contributed by atoms with Crippen molar-refractivity contribution in [2.45, 2.75) is 25.2 Å². The summed E-state index contributed by atoms with van der Waals surface area (Å²) in [6.07, 6.45) is 1.78. The van der Waals surface area contributed by atoms with Gasteiger partial charge in [0.1, 0.15) is 5.01 Å². The van der Waals surface area contributed by atoms with E-state index in [-0.39, 0.29) is 18.3 Å². The molecule has 1 amide bonds. The van der Waals surface area contributed by atoms with Crippen LogP contribution in [-0.2, 0) is 17.9 Å². The number of aliphatic hydroxyl groups excluding tert-OH is 1. The highest BCUT2D eigenvalue weighted by atomic mass is 35.5. The fourth-order valence-electron chi connectivity index (χ4n) is 2.17. The standard InChI is InChI=1S/C16H16ClN5O2S2/c1-10-20-21-15(26-10)19-14(24)9-25-16-18-13(8-23)7-22(16)6-11-2-4-12(17)5-3-11/h2-5,7,23H,6,8-9H2,1H3,(H,19,21,24). The van der Waals surface area contributed by atoms with Gasteiger partial charge in [-0.05, 0) is 24.6 Å². The van der Waals surface area contributed by atoms with Gasteiger partial charge in [-0.1, -0.05) is 46.8 Å². The van der Waals surface area contributed by atoms with E-state index in [1.165, 1.54) is 23.1 Å². The SMILES string of the molecule is Cc1nnc(NC(=O)CSc2nc(CO)cn2Cc2ccc(Cl)cc2)s1. The second kappa shape index (κ2) is 8.63. The first kappa shape index (κ1) is 18.8. The number of nitrogens with one attached hydrogen (secondary N) is 1. The molecule has 1 aromatic carbocycles. The number of carbonyl (C=O) groups is 1. The molecule has 0 aliphatic heterocycles. The number of aliphatic hydroxyl groups is 1. The topological polar surface area (TPSA) is 92.9 Å². The monoisotopic (exact) mass is 409 g/mol. The Morgan fingerprint density at radius 1 is 1.35 bits per heavy atom. The van der Waals surface area contributed by atoms with Crippen molar-refractivity contribution in [3.63, 3.8) is 0 Å². The van der Waals surface area contributed by atoms with Crippen LogP contribution in [0.4, 0.5) is 5.13 Å². The van der Waals surface area contributed by atoms with Crippen LogP contribution in [0.5, 0.6) is 0 Å². The van der Waals surface area contributed by atoms with Gasteiger partial charge in [0.2, 0.25) is 11.0 Å². The Labute approximate surface area is 163 Å². The fourth-order valence-corrected chi connectivity index (χ4v) is 3.71. The largest absolute Gasteiger partial charge is 0.390 e. The second-order valence-corrected chi connectivity index (χ2v) is 7.95. The molecule has 136 valence electrons. The normalized spacial score (nSPS) is 10.9. The summed E-state index contributed by atoms with van der Waals surface area (Å²) >= 11 is 8.54. The molecule has 0 unspecified atom stereocenters. The lowest BCUT2D eigenvalue weighted by Crippen LogP contribution is -2.14. The Morgan fingerprint density at radius 2 is 2.12 bits per heavy atom. The van der Waals surface area contributed by atoms with Crippen molar-refractivity contribution in [1.82, 2.24) is 19.7 Å². The Hall–Kier alpha value is -1.94. The van der Waals surface area contributed by atoms with Gasteiger partial charge in [0, 0.05) is 17.8 Å². The van der Waals surface area contributed by atoms with E-state index in [2.05, 4.69) is 20.5 Å². The van der Waals surface area contributed by atoms with E-state index in [9.17, 15) is 9.90 Å². The van der Waals surface area contributed by atoms with Crippen LogP contribution in [0.2, 0.25) is 5.02 Å². The Kier molecular flexibility index (Phi) is 6.25. The molecule has 0 spiro atoms. The van der Waals surface area contributed by atoms with E-state index in [0.717, 1.165) is 10.6 Å². The van der Waals surface area contributed by atoms with E-state index in [1.54, 1.807) is 6.20 Å². The second-order valence-electron chi connectivity index (χ2n) is 5.39. The fraction of sp³-hybridized carbons (Fsp3) is 0.250. The number of amides is 1. The predicted molar refractivity (Wildman–Crippen MR) is 103 cm³/mol. The third-order valence-electron chi connectivity index (χ3n) is 3.32. The summed E-state index contributed by atoms with van der Waals surface area (Å²) < 4.78 is 1.90. The molecule has 0 fully saturated rings. The Balaban J connectivity index is 1.65. The summed E-state index contributed by atoms with van der Waals surface area (Å²) in [4.78, 5) is 16.5. The van der Waals surface area contributed by atoms with Gasteiger partial charge in [-0.2, -0.15) is 0 Å². The molecule has 3 aromatic rings. The van der Waals surface area contributed by atoms with E-state index < -0.39 is 0 Å². The number of rotatable bonds is 7. The average Bonchev–Trinajstić information content (AvgIpc) is 3.21. The minimum atomic E-state index is -0.183. The molecular formula is C16H16ClN5O2S2. The van der Waals surface area contributed by atoms with Crippen LogP contribution in [0.15, 0.2) is 35.6 Å². The number of carbonyl (C=O) groups excluding carboxylic acids is 1. The van der Waals surface area contributed by atoms with E-state index in [0.29, 0.717) is 27.5 Å². The molecule has 7 nitrogen and oxygen atoms in total. The molecule has 0 bridgehead atoms. The highest BCUT2D eigenvalue weighted by Crippen LogP contribution is 2.21. The molecule has 26 heavy (non-hydrogen) atoms. The smallest absolute Gasteiger partial charge is 0.236 e. The van der Waals surface area contributed by atoms with Gasteiger partial charge >= 0.3 is 0 Å². The summed E-state index contributed by atoms with van der Waals surface area (Å²) in [6, 6.07) is 7.51. The highest BCUT2D eigenvalue weighted by molar-refractivity contribution is 7.99. The van der Waals surface area contributed by atoms with Crippen molar-refractivity contribution in [2.75, 3.05) is 11.1 Å². The van der Waals surface area contributed by atoms with Crippen LogP contribution < -0.4 is 5.32 Å². The zero-order chi connectivity index (χ0) is 18.5. The van der Waals surface area contributed by atoms with Crippen molar-refractivity contribution in [3.05, 3.63) is 51.7 Å². The summed E-state index contributed by atoms with van der Waals surface area (Å²) in [6.45, 7) is 2.24. The Bertz CT molecular complexity index is 894. The summed E-state index contributed by atoms with van der Waals surface area (Å²) in [5.41, 5.74) is 1.61. The maximum atomic E-state index is 12.1. The quantitative estimate of drug-likeness (QED) is 0.583. The number of hydrogen-bond acceptors (Lipinski definition) is 7. The molecule has 2 aromatic heterocycles. The number of thioether (sulfide) groups is 1. The highest BCUT2D eigenvalue weighted by Gasteiger charge is 2.13. The van der Waals surface area contributed by atoms with Gasteiger partial charge in [-0.15, -0.1) is 10.2 Å². The third kappa shape index (κ3) is 5.04. The molecule has 3 rings (SSSR count). The van der Waals surface area contributed by atoms with Crippen molar-refractivity contribution in [3.8, 4) is 0 Å². The summed E-state index contributed by atoms with van der Waals surface area (Å²) in [7, 11) is 0. The van der Waals surface area contributed by atoms with Gasteiger partial charge in [0.05, 0.1) is 18.1 Å². The van der Waals surface area contributed by atoms with Gasteiger partial charge in [-0.3, -0.25) is 10.1 Å². The van der Waals surface area contributed by atoms with Gasteiger partial charge in [0.15, 0.2) is 5.16 Å². The number of halogens is 1. The number of imidazole rings is 1. The zero-order valence-corrected chi connectivity index (χ0v) is 16.2. The number of hydrogen-bond donors (Lipinski definition) is 2. The van der Waals surface area contributed by atoms with Crippen molar-refractivity contribution in [2.24, 2.45) is 0 Å². The molecule has 0 aliphatic rings. The molecule has 0 atom stereocenters. The van der Waals surface area contributed by atoms with E-state index in [4.69, 9.17) is 11.6 Å². The molecule has 2 heterocycles. The van der Waals surface area contributed by atoms with Crippen LogP contribution in [0.25, 0.3) is 0 Å². The molecule has 0 aliphatic carbocycles. The first-order valence-electron chi connectivity index (χ1n) is 7.67. The minimum absolute atomic E-state index is 0.155. The molecular weight excluding hydrogens is 394 g/mol. The van der Waals surface area contributed by atoms with Crippen molar-refractivity contribution < 1.29 is 9.90 Å². The van der Waals surface area contributed by atoms with Gasteiger partial charge in [0.25, 0.3) is 0 Å². The van der Waals surface area contributed by atoms with Gasteiger partial charge < -0.3 is 9.67 Å². The van der Waals surface area contributed by atoms with Crippen molar-refractivity contribution in [1.29, 1.82) is 0 Å². The van der Waals surface area contributed by atoms with E-state index in [1.807, 2.05) is 35.8 Å². The molecule has 2 N–H and O–H groups in total. The lowest BCUT2D eigenvalue weighted by atomic mass is 10.2. The lowest BCUT2D eigenvalue weighted by molar-refractivity contribution is -0.113. The Morgan fingerprint density at radius 3 is 2.77 bits per heavy atom. The van der Waals surface area contributed by atoms with Crippen molar-refractivity contribution >= 4 is 45.7 Å². The summed E-state index contributed by atoms with van der Waals surface area (Å²) in [5, 5.41) is 22.4. The van der Waals surface area contributed by atoms with Crippen LogP contribution >= 0.6 is 34.7 Å². The predicted octanol–water partition coefficient (Wildman–Crippen LogP) is 2.97. The van der Waals surface area contributed by atoms with E-state index >= 15 is 0 Å². The maximum Gasteiger partial charge on any atom is 0.236 e. The van der Waals surface area contributed by atoms with Crippen LogP contribution in [0, 0.1) is 6.92 Å². The number of aryl methyl sites for hydroxylation is 1. The van der Waals surface area contributed by atoms with Crippen LogP contribution in [0.3, 0.4) is 0 Å². The van der Waals surface area contributed by atoms with Gasteiger partial charge in [-0.25, -0.2) is 4.98 Å². The van der Waals surface area contributed by atoms with Crippen LogP contribution in [0.1, 0.15) is 16.3 Å². The number of benzene rings is 1. The lowest BCUT2D eigenvalue weighted by Gasteiger charge is -2.07. The number of aromatic nitrogens is 4. The molecule has 10 heteroatoms. The number of nitrogens with zero attached hydrogens (tertiary/aromatic N) is 4. The first-order chi connectivity index (χ1) is 12.5. The molecule has 0 radical (unpaired) electrons. The molecule has 0 saturated carbocycles. The summed E-state index contributed by atoms with van der Waals surface area (Å²) in [5.74, 6) is -0.000973. The number of anilines is 1. The third-order valence-corrected chi connectivity index (χ3v) is 5.32. The minimum Gasteiger partial charge on any atom is -0.390 e. The zero-order valence-electron chi connectivity index (χ0n) is 13.8. The van der Waals surface area contributed by atoms with Crippen LogP contribution in [-0.4, -0.2) is 36.5 Å².